The summed E-state index contributed by atoms with van der Waals surface area (Å²) in [4.78, 5) is 20.6. The first kappa shape index (κ1) is 18.3. The average molecular weight is 367 g/mol. The fourth-order valence-corrected chi connectivity index (χ4v) is 4.07. The summed E-state index contributed by atoms with van der Waals surface area (Å²) in [6.45, 7) is 3.91. The van der Waals surface area contributed by atoms with E-state index in [1.807, 2.05) is 11.0 Å². The molecule has 0 unspecified atom stereocenters. The molecule has 2 fully saturated rings. The van der Waals surface area contributed by atoms with Gasteiger partial charge in [0.05, 0.1) is 18.0 Å². The molecule has 2 aliphatic rings. The molecule has 2 saturated heterocycles. The van der Waals surface area contributed by atoms with Gasteiger partial charge in [-0.25, -0.2) is 8.42 Å². The number of carbonyl (C=O) groups excluding carboxylic acids is 1. The van der Waals surface area contributed by atoms with Gasteiger partial charge in [-0.3, -0.25) is 14.7 Å². The molecule has 0 atom stereocenters. The predicted octanol–water partition coefficient (Wildman–Crippen LogP) is 0.433. The van der Waals surface area contributed by atoms with E-state index in [1.54, 1.807) is 18.3 Å². The Morgan fingerprint density at radius 2 is 2.04 bits per heavy atom. The number of aromatic nitrogens is 1. The van der Waals surface area contributed by atoms with Gasteiger partial charge >= 0.3 is 0 Å². The van der Waals surface area contributed by atoms with Gasteiger partial charge in [0.1, 0.15) is 15.5 Å². The number of likely N-dealkylation sites (tertiary alicyclic amines) is 1. The van der Waals surface area contributed by atoms with Gasteiger partial charge in [0, 0.05) is 45.2 Å². The van der Waals surface area contributed by atoms with Gasteiger partial charge in [0.15, 0.2) is 0 Å². The first-order valence-corrected chi connectivity index (χ1v) is 10.7. The lowest BCUT2D eigenvalue weighted by atomic mass is 9.89. The molecule has 25 heavy (non-hydrogen) atoms. The predicted molar refractivity (Wildman–Crippen MR) is 94.2 cm³/mol. The van der Waals surface area contributed by atoms with Crippen LogP contribution in [0.15, 0.2) is 24.4 Å². The Morgan fingerprint density at radius 1 is 1.28 bits per heavy atom. The van der Waals surface area contributed by atoms with E-state index in [0.29, 0.717) is 31.9 Å². The van der Waals surface area contributed by atoms with Crippen LogP contribution in [0.4, 0.5) is 0 Å². The third-order valence-electron chi connectivity index (χ3n) is 4.95. The van der Waals surface area contributed by atoms with Crippen molar-refractivity contribution in [2.24, 2.45) is 0 Å². The molecular formula is C17H25N3O4S. The minimum Gasteiger partial charge on any atom is -0.372 e. The highest BCUT2D eigenvalue weighted by Gasteiger charge is 2.40. The smallest absolute Gasteiger partial charge is 0.272 e. The first-order valence-electron chi connectivity index (χ1n) is 8.61. The van der Waals surface area contributed by atoms with Crippen LogP contribution in [0.3, 0.4) is 0 Å². The van der Waals surface area contributed by atoms with Crippen LogP contribution < -0.4 is 0 Å². The van der Waals surface area contributed by atoms with E-state index in [-0.39, 0.29) is 17.3 Å². The van der Waals surface area contributed by atoms with E-state index in [9.17, 15) is 13.2 Å². The van der Waals surface area contributed by atoms with Crippen LogP contribution in [0.25, 0.3) is 0 Å². The maximum Gasteiger partial charge on any atom is 0.272 e. The highest BCUT2D eigenvalue weighted by molar-refractivity contribution is 7.90. The number of pyridine rings is 1. The lowest BCUT2D eigenvalue weighted by molar-refractivity contribution is -0.131. The molecular weight excluding hydrogens is 342 g/mol. The number of rotatable bonds is 4. The Kier molecular flexibility index (Phi) is 5.41. The molecule has 0 bridgehead atoms. The molecule has 3 heterocycles. The molecule has 1 amide bonds. The number of piperidine rings is 1. The zero-order valence-electron chi connectivity index (χ0n) is 14.6. The van der Waals surface area contributed by atoms with E-state index < -0.39 is 9.84 Å². The van der Waals surface area contributed by atoms with Crippen LogP contribution in [0.5, 0.6) is 0 Å². The van der Waals surface area contributed by atoms with Gasteiger partial charge in [0.25, 0.3) is 5.91 Å². The Labute approximate surface area is 148 Å². The minimum atomic E-state index is -2.96. The number of amides is 1. The van der Waals surface area contributed by atoms with Crippen LogP contribution >= 0.6 is 0 Å². The summed E-state index contributed by atoms with van der Waals surface area (Å²) in [7, 11) is -2.96. The van der Waals surface area contributed by atoms with Crippen molar-refractivity contribution in [2.45, 2.75) is 18.4 Å². The summed E-state index contributed by atoms with van der Waals surface area (Å²) in [6, 6.07) is 5.34. The van der Waals surface area contributed by atoms with E-state index in [2.05, 4.69) is 9.88 Å². The normalized spacial score (nSPS) is 21.4. The molecule has 0 saturated carbocycles. The number of hydrogen-bond donors (Lipinski definition) is 0. The van der Waals surface area contributed by atoms with E-state index in [1.165, 1.54) is 6.26 Å². The van der Waals surface area contributed by atoms with Crippen molar-refractivity contribution in [3.8, 4) is 0 Å². The second-order valence-corrected chi connectivity index (χ2v) is 9.20. The van der Waals surface area contributed by atoms with Gasteiger partial charge in [0.2, 0.25) is 0 Å². The molecule has 2 aliphatic heterocycles. The van der Waals surface area contributed by atoms with E-state index in [4.69, 9.17) is 4.74 Å². The van der Waals surface area contributed by atoms with Crippen molar-refractivity contribution in [2.75, 3.05) is 51.3 Å². The van der Waals surface area contributed by atoms with Gasteiger partial charge < -0.3 is 9.64 Å². The maximum atomic E-state index is 12.5. The molecule has 1 aromatic rings. The molecule has 8 heteroatoms. The van der Waals surface area contributed by atoms with Crippen molar-refractivity contribution in [1.82, 2.24) is 14.8 Å². The summed E-state index contributed by atoms with van der Waals surface area (Å²) in [5, 5.41) is 0. The first-order chi connectivity index (χ1) is 11.9. The summed E-state index contributed by atoms with van der Waals surface area (Å²) >= 11 is 0. The molecule has 138 valence electrons. The largest absolute Gasteiger partial charge is 0.372 e. The van der Waals surface area contributed by atoms with Gasteiger partial charge in [-0.2, -0.15) is 0 Å². The standard InChI is InChI=1S/C17H25N3O4S/c1-25(22,23)13-11-19-10-12-24-17(14-19)5-8-20(9-6-17)16(21)15-4-2-3-7-18-15/h2-4,7H,5-6,8-14H2,1H3. The fraction of sp³-hybridized carbons (Fsp3) is 0.647. The SMILES string of the molecule is CS(=O)(=O)CCN1CCOC2(CCN(C(=O)c3ccccn3)CC2)C1. The number of sulfone groups is 1. The number of hydrogen-bond acceptors (Lipinski definition) is 6. The maximum absolute atomic E-state index is 12.5. The molecule has 0 radical (unpaired) electrons. The fourth-order valence-electron chi connectivity index (χ4n) is 3.48. The molecule has 1 spiro atoms. The minimum absolute atomic E-state index is 0.0415. The monoisotopic (exact) mass is 367 g/mol. The Hall–Kier alpha value is -1.51. The topological polar surface area (TPSA) is 79.8 Å². The summed E-state index contributed by atoms with van der Waals surface area (Å²) in [5.41, 5.74) is 0.203. The highest BCUT2D eigenvalue weighted by Crippen LogP contribution is 2.30. The third-order valence-corrected chi connectivity index (χ3v) is 5.88. The van der Waals surface area contributed by atoms with Crippen molar-refractivity contribution in [3.05, 3.63) is 30.1 Å². The summed E-state index contributed by atoms with van der Waals surface area (Å²) in [6.07, 6.45) is 4.43. The third kappa shape index (κ3) is 4.77. The average Bonchev–Trinajstić information content (AvgIpc) is 2.60. The zero-order valence-corrected chi connectivity index (χ0v) is 15.4. The van der Waals surface area contributed by atoms with Crippen LogP contribution in [-0.2, 0) is 14.6 Å². The Bertz CT molecular complexity index is 700. The quantitative estimate of drug-likeness (QED) is 0.768. The van der Waals surface area contributed by atoms with Crippen LogP contribution in [-0.4, -0.2) is 86.0 Å². The van der Waals surface area contributed by atoms with Crippen molar-refractivity contribution in [1.29, 1.82) is 0 Å². The summed E-state index contributed by atoms with van der Waals surface area (Å²) in [5.74, 6) is 0.132. The molecule has 0 aliphatic carbocycles. The number of morpholine rings is 1. The highest BCUT2D eigenvalue weighted by atomic mass is 32.2. The van der Waals surface area contributed by atoms with Crippen LogP contribution in [0.1, 0.15) is 23.3 Å². The molecule has 0 aromatic carbocycles. The van der Waals surface area contributed by atoms with Gasteiger partial charge in [-0.05, 0) is 25.0 Å². The summed E-state index contributed by atoms with van der Waals surface area (Å²) < 4.78 is 28.8. The van der Waals surface area contributed by atoms with Gasteiger partial charge in [-0.15, -0.1) is 0 Å². The van der Waals surface area contributed by atoms with Crippen molar-refractivity contribution >= 4 is 15.7 Å². The Balaban J connectivity index is 1.56. The number of nitrogens with zero attached hydrogens (tertiary/aromatic N) is 3. The van der Waals surface area contributed by atoms with Crippen LogP contribution in [0, 0.1) is 0 Å². The number of ether oxygens (including phenoxy) is 1. The van der Waals surface area contributed by atoms with Crippen LogP contribution in [0.2, 0.25) is 0 Å². The van der Waals surface area contributed by atoms with Gasteiger partial charge in [-0.1, -0.05) is 6.07 Å². The second-order valence-electron chi connectivity index (χ2n) is 6.94. The lowest BCUT2D eigenvalue weighted by Crippen LogP contribution is -2.58. The second kappa shape index (κ2) is 7.39. The Morgan fingerprint density at radius 3 is 2.68 bits per heavy atom. The van der Waals surface area contributed by atoms with Crippen molar-refractivity contribution < 1.29 is 17.9 Å². The zero-order chi connectivity index (χ0) is 17.9. The van der Waals surface area contributed by atoms with E-state index in [0.717, 1.165) is 25.9 Å². The molecule has 1 aromatic heterocycles. The molecule has 7 nitrogen and oxygen atoms in total. The molecule has 0 N–H and O–H groups in total. The van der Waals surface area contributed by atoms with E-state index >= 15 is 0 Å². The lowest BCUT2D eigenvalue weighted by Gasteiger charge is -2.47. The van der Waals surface area contributed by atoms with Crippen molar-refractivity contribution in [3.63, 3.8) is 0 Å². The molecule has 3 rings (SSSR count). The number of carbonyl (C=O) groups is 1.